The van der Waals surface area contributed by atoms with E-state index in [4.69, 9.17) is 16.3 Å². The van der Waals surface area contributed by atoms with Gasteiger partial charge in [0.1, 0.15) is 29.3 Å². The summed E-state index contributed by atoms with van der Waals surface area (Å²) in [6, 6.07) is 14.4. The molecular formula is C22H19ClN4O2. The van der Waals surface area contributed by atoms with Crippen LogP contribution in [0.5, 0.6) is 11.5 Å². The standard InChI is InChI=1S/C22H19ClN4O2/c1-2-10-24-21-19-17(12-25-22(19)27-13-26-21)20(28)16-9-8-15(11-18(16)23)29-14-6-4-3-5-7-14/h3-9,11-13H,2,10H2,1H3,(H2,24,25,26,27). The Hall–Kier alpha value is -3.38. The number of aromatic nitrogens is 3. The topological polar surface area (TPSA) is 79.9 Å². The van der Waals surface area contributed by atoms with E-state index in [0.29, 0.717) is 44.5 Å². The van der Waals surface area contributed by atoms with Crippen LogP contribution in [0, 0.1) is 0 Å². The smallest absolute Gasteiger partial charge is 0.196 e. The van der Waals surface area contributed by atoms with Crippen LogP contribution in [0.25, 0.3) is 11.0 Å². The maximum Gasteiger partial charge on any atom is 0.196 e. The maximum atomic E-state index is 13.2. The highest BCUT2D eigenvalue weighted by Crippen LogP contribution is 2.31. The second-order valence-electron chi connectivity index (χ2n) is 6.46. The first kappa shape index (κ1) is 19.0. The van der Waals surface area contributed by atoms with Gasteiger partial charge in [0, 0.05) is 24.4 Å². The van der Waals surface area contributed by atoms with E-state index in [1.54, 1.807) is 24.4 Å². The van der Waals surface area contributed by atoms with Crippen LogP contribution in [0.4, 0.5) is 5.82 Å². The molecule has 0 saturated heterocycles. The first-order valence-corrected chi connectivity index (χ1v) is 9.68. The van der Waals surface area contributed by atoms with Crippen LogP contribution in [-0.2, 0) is 0 Å². The summed E-state index contributed by atoms with van der Waals surface area (Å²) in [6.07, 6.45) is 4.05. The van der Waals surface area contributed by atoms with Gasteiger partial charge in [-0.15, -0.1) is 0 Å². The molecule has 0 aliphatic heterocycles. The van der Waals surface area contributed by atoms with Crippen molar-refractivity contribution < 1.29 is 9.53 Å². The lowest BCUT2D eigenvalue weighted by Gasteiger charge is -2.09. The molecule has 0 fully saturated rings. The molecule has 29 heavy (non-hydrogen) atoms. The van der Waals surface area contributed by atoms with Gasteiger partial charge in [0.15, 0.2) is 5.78 Å². The molecule has 7 heteroatoms. The largest absolute Gasteiger partial charge is 0.457 e. The van der Waals surface area contributed by atoms with Crippen molar-refractivity contribution in [1.82, 2.24) is 15.0 Å². The van der Waals surface area contributed by atoms with Crippen LogP contribution >= 0.6 is 11.6 Å². The van der Waals surface area contributed by atoms with Crippen molar-refractivity contribution >= 4 is 34.2 Å². The number of H-pyrrole nitrogens is 1. The van der Waals surface area contributed by atoms with E-state index in [2.05, 4.69) is 27.2 Å². The minimum atomic E-state index is -0.207. The Morgan fingerprint density at radius 1 is 1.10 bits per heavy atom. The van der Waals surface area contributed by atoms with Crippen molar-refractivity contribution in [3.8, 4) is 11.5 Å². The zero-order chi connectivity index (χ0) is 20.2. The van der Waals surface area contributed by atoms with Crippen LogP contribution in [0.2, 0.25) is 5.02 Å². The third kappa shape index (κ3) is 3.93. The number of ether oxygens (including phenoxy) is 1. The molecule has 0 atom stereocenters. The Kier molecular flexibility index (Phi) is 5.44. The molecule has 0 aliphatic carbocycles. The van der Waals surface area contributed by atoms with Crippen molar-refractivity contribution in [3.63, 3.8) is 0 Å². The number of nitrogens with one attached hydrogen (secondary N) is 2. The summed E-state index contributed by atoms with van der Waals surface area (Å²) < 4.78 is 5.79. The van der Waals surface area contributed by atoms with Crippen molar-refractivity contribution in [2.24, 2.45) is 0 Å². The van der Waals surface area contributed by atoms with Gasteiger partial charge in [0.25, 0.3) is 0 Å². The summed E-state index contributed by atoms with van der Waals surface area (Å²) in [5.74, 6) is 1.68. The van der Waals surface area contributed by atoms with Gasteiger partial charge in [-0.1, -0.05) is 36.7 Å². The molecule has 6 nitrogen and oxygen atoms in total. The molecule has 2 aromatic carbocycles. The average Bonchev–Trinajstić information content (AvgIpc) is 3.17. The van der Waals surface area contributed by atoms with Gasteiger partial charge in [-0.05, 0) is 30.7 Å². The highest BCUT2D eigenvalue weighted by Gasteiger charge is 2.20. The molecule has 2 aromatic heterocycles. The van der Waals surface area contributed by atoms with E-state index in [1.807, 2.05) is 30.3 Å². The second kappa shape index (κ2) is 8.32. The summed E-state index contributed by atoms with van der Waals surface area (Å²) >= 11 is 6.42. The highest BCUT2D eigenvalue weighted by molar-refractivity contribution is 6.35. The first-order valence-electron chi connectivity index (χ1n) is 9.30. The van der Waals surface area contributed by atoms with Crippen molar-refractivity contribution in [3.05, 3.63) is 77.2 Å². The lowest BCUT2D eigenvalue weighted by atomic mass is 10.0. The lowest BCUT2D eigenvalue weighted by molar-refractivity contribution is 0.104. The lowest BCUT2D eigenvalue weighted by Crippen LogP contribution is -2.06. The van der Waals surface area contributed by atoms with E-state index in [9.17, 15) is 4.79 Å². The van der Waals surface area contributed by atoms with Crippen LogP contribution in [0.1, 0.15) is 29.3 Å². The average molecular weight is 407 g/mol. The Balaban J connectivity index is 1.66. The number of halogens is 1. The minimum absolute atomic E-state index is 0.207. The van der Waals surface area contributed by atoms with Crippen molar-refractivity contribution in [2.75, 3.05) is 11.9 Å². The Morgan fingerprint density at radius 2 is 1.93 bits per heavy atom. The quantitative estimate of drug-likeness (QED) is 0.398. The van der Waals surface area contributed by atoms with Gasteiger partial charge in [0.2, 0.25) is 0 Å². The van der Waals surface area contributed by atoms with Gasteiger partial charge in [-0.2, -0.15) is 0 Å². The molecule has 0 bridgehead atoms. The monoisotopic (exact) mass is 406 g/mol. The fraction of sp³-hybridized carbons (Fsp3) is 0.136. The van der Waals surface area contributed by atoms with E-state index < -0.39 is 0 Å². The number of nitrogens with zero attached hydrogens (tertiary/aromatic N) is 2. The Bertz CT molecular complexity index is 1160. The molecule has 0 amide bonds. The molecule has 2 N–H and O–H groups in total. The van der Waals surface area contributed by atoms with E-state index in [0.717, 1.165) is 13.0 Å². The molecule has 2 heterocycles. The zero-order valence-electron chi connectivity index (χ0n) is 15.8. The predicted octanol–water partition coefficient (Wildman–Crippen LogP) is 5.46. The van der Waals surface area contributed by atoms with Gasteiger partial charge in [-0.25, -0.2) is 9.97 Å². The zero-order valence-corrected chi connectivity index (χ0v) is 16.5. The number of fused-ring (bicyclic) bond motifs is 1. The number of carbonyl (C=O) groups excluding carboxylic acids is 1. The number of hydrogen-bond acceptors (Lipinski definition) is 5. The van der Waals surface area contributed by atoms with E-state index in [-0.39, 0.29) is 5.78 Å². The number of rotatable bonds is 7. The maximum absolute atomic E-state index is 13.2. The van der Waals surface area contributed by atoms with Gasteiger partial charge >= 0.3 is 0 Å². The molecule has 0 spiro atoms. The summed E-state index contributed by atoms with van der Waals surface area (Å²) in [5.41, 5.74) is 1.46. The van der Waals surface area contributed by atoms with Crippen molar-refractivity contribution in [2.45, 2.75) is 13.3 Å². The predicted molar refractivity (Wildman–Crippen MR) is 114 cm³/mol. The summed E-state index contributed by atoms with van der Waals surface area (Å²) in [7, 11) is 0. The number of anilines is 1. The number of carbonyl (C=O) groups is 1. The molecule has 4 aromatic rings. The third-order valence-electron chi connectivity index (χ3n) is 4.42. The fourth-order valence-electron chi connectivity index (χ4n) is 3.03. The summed E-state index contributed by atoms with van der Waals surface area (Å²) in [4.78, 5) is 24.8. The number of benzene rings is 2. The van der Waals surface area contributed by atoms with Gasteiger partial charge in [-0.3, -0.25) is 4.79 Å². The molecule has 4 rings (SSSR count). The highest BCUT2D eigenvalue weighted by atomic mass is 35.5. The molecule has 0 radical (unpaired) electrons. The van der Waals surface area contributed by atoms with Gasteiger partial charge in [0.05, 0.1) is 16.0 Å². The number of aromatic amines is 1. The first-order chi connectivity index (χ1) is 14.2. The molecule has 0 aliphatic rings. The molecule has 146 valence electrons. The molecule has 0 unspecified atom stereocenters. The summed E-state index contributed by atoms with van der Waals surface area (Å²) in [5, 5.41) is 4.22. The van der Waals surface area contributed by atoms with Crippen LogP contribution in [-0.4, -0.2) is 27.3 Å². The summed E-state index contributed by atoms with van der Waals surface area (Å²) in [6.45, 7) is 2.81. The SMILES string of the molecule is CCCNc1ncnc2[nH]cc(C(=O)c3ccc(Oc4ccccc4)cc3Cl)c12. The van der Waals surface area contributed by atoms with Crippen molar-refractivity contribution in [1.29, 1.82) is 0 Å². The van der Waals surface area contributed by atoms with Gasteiger partial charge < -0.3 is 15.0 Å². The van der Waals surface area contributed by atoms with Crippen LogP contribution < -0.4 is 10.1 Å². The fourth-order valence-corrected chi connectivity index (χ4v) is 3.29. The Labute approximate surface area is 172 Å². The third-order valence-corrected chi connectivity index (χ3v) is 4.73. The molecular weight excluding hydrogens is 388 g/mol. The molecule has 0 saturated carbocycles. The van der Waals surface area contributed by atoms with Crippen LogP contribution in [0.3, 0.4) is 0 Å². The number of para-hydroxylation sites is 1. The number of ketones is 1. The van der Waals surface area contributed by atoms with Crippen LogP contribution in [0.15, 0.2) is 61.1 Å². The minimum Gasteiger partial charge on any atom is -0.457 e. The normalized spacial score (nSPS) is 10.8. The van der Waals surface area contributed by atoms with E-state index >= 15 is 0 Å². The van der Waals surface area contributed by atoms with E-state index in [1.165, 1.54) is 6.33 Å². The number of hydrogen-bond donors (Lipinski definition) is 2. The Morgan fingerprint density at radius 3 is 2.69 bits per heavy atom. The second-order valence-corrected chi connectivity index (χ2v) is 6.87.